The van der Waals surface area contributed by atoms with Crippen LogP contribution in [0.15, 0.2) is 48.5 Å². The number of nitrogens with one attached hydrogen (secondary N) is 2. The van der Waals surface area contributed by atoms with Crippen molar-refractivity contribution >= 4 is 11.6 Å². The zero-order chi connectivity index (χ0) is 18.4. The number of amides is 1. The maximum Gasteiger partial charge on any atom is 0.246 e. The summed E-state index contributed by atoms with van der Waals surface area (Å²) in [7, 11) is 3.24. The lowest BCUT2D eigenvalue weighted by Crippen LogP contribution is -2.48. The summed E-state index contributed by atoms with van der Waals surface area (Å²) in [6, 6.07) is 14.8. The van der Waals surface area contributed by atoms with Crippen LogP contribution in [0.1, 0.15) is 11.6 Å². The van der Waals surface area contributed by atoms with Gasteiger partial charge in [0.25, 0.3) is 0 Å². The molecule has 138 valence electrons. The number of ether oxygens (including phenoxy) is 2. The standard InChI is InChI=1S/C20H25N3O3/c1-25-16-9-7-15(8-10-16)19(23-13-11-21-12-14-23)20(24)22-17-5-3-4-6-18(17)26-2/h3-10,19,21H,11-14H2,1-2H3,(H,22,24). The summed E-state index contributed by atoms with van der Waals surface area (Å²) in [5.74, 6) is 1.36. The molecule has 26 heavy (non-hydrogen) atoms. The number of nitrogens with zero attached hydrogens (tertiary/aromatic N) is 1. The van der Waals surface area contributed by atoms with Crippen molar-refractivity contribution in [3.63, 3.8) is 0 Å². The van der Waals surface area contributed by atoms with Crippen LogP contribution in [0.3, 0.4) is 0 Å². The first-order chi connectivity index (χ1) is 12.7. The topological polar surface area (TPSA) is 62.8 Å². The molecule has 0 saturated carbocycles. The third-order valence-electron chi connectivity index (χ3n) is 4.56. The molecule has 0 aliphatic carbocycles. The molecule has 1 aliphatic rings. The van der Waals surface area contributed by atoms with Gasteiger partial charge >= 0.3 is 0 Å². The Hall–Kier alpha value is -2.57. The Bertz CT molecular complexity index is 727. The summed E-state index contributed by atoms with van der Waals surface area (Å²) in [5.41, 5.74) is 1.62. The highest BCUT2D eigenvalue weighted by molar-refractivity contribution is 5.96. The van der Waals surface area contributed by atoms with E-state index >= 15 is 0 Å². The van der Waals surface area contributed by atoms with Crippen LogP contribution in [0.2, 0.25) is 0 Å². The van der Waals surface area contributed by atoms with Gasteiger partial charge in [-0.15, -0.1) is 0 Å². The second kappa shape index (κ2) is 8.69. The van der Waals surface area contributed by atoms with Crippen molar-refractivity contribution in [3.05, 3.63) is 54.1 Å². The number of para-hydroxylation sites is 2. The van der Waals surface area contributed by atoms with Crippen LogP contribution >= 0.6 is 0 Å². The third-order valence-corrected chi connectivity index (χ3v) is 4.56. The number of carbonyl (C=O) groups is 1. The smallest absolute Gasteiger partial charge is 0.246 e. The molecule has 1 saturated heterocycles. The average Bonchev–Trinajstić information content (AvgIpc) is 2.70. The van der Waals surface area contributed by atoms with E-state index in [1.165, 1.54) is 0 Å². The fourth-order valence-electron chi connectivity index (χ4n) is 3.20. The quantitative estimate of drug-likeness (QED) is 0.832. The summed E-state index contributed by atoms with van der Waals surface area (Å²) >= 11 is 0. The summed E-state index contributed by atoms with van der Waals surface area (Å²) in [5, 5.41) is 6.36. The second-order valence-electron chi connectivity index (χ2n) is 6.15. The predicted molar refractivity (Wildman–Crippen MR) is 102 cm³/mol. The maximum absolute atomic E-state index is 13.2. The van der Waals surface area contributed by atoms with E-state index in [4.69, 9.17) is 9.47 Å². The number of benzene rings is 2. The Labute approximate surface area is 154 Å². The van der Waals surface area contributed by atoms with Crippen molar-refractivity contribution in [2.24, 2.45) is 0 Å². The third kappa shape index (κ3) is 4.15. The molecule has 6 heteroatoms. The number of rotatable bonds is 6. The molecule has 1 heterocycles. The molecule has 2 aromatic rings. The molecule has 0 bridgehead atoms. The van der Waals surface area contributed by atoms with E-state index in [0.717, 1.165) is 37.5 Å². The van der Waals surface area contributed by atoms with Crippen LogP contribution in [-0.4, -0.2) is 51.2 Å². The van der Waals surface area contributed by atoms with Crippen LogP contribution in [0.5, 0.6) is 11.5 Å². The predicted octanol–water partition coefficient (Wildman–Crippen LogP) is 2.29. The minimum atomic E-state index is -0.368. The molecular formula is C20H25N3O3. The highest BCUT2D eigenvalue weighted by atomic mass is 16.5. The van der Waals surface area contributed by atoms with Gasteiger partial charge in [0.15, 0.2) is 0 Å². The van der Waals surface area contributed by atoms with Crippen LogP contribution < -0.4 is 20.1 Å². The minimum absolute atomic E-state index is 0.0680. The van der Waals surface area contributed by atoms with Gasteiger partial charge < -0.3 is 20.1 Å². The lowest BCUT2D eigenvalue weighted by atomic mass is 10.0. The molecule has 1 atom stereocenters. The van der Waals surface area contributed by atoms with Crippen molar-refractivity contribution in [2.45, 2.75) is 6.04 Å². The van der Waals surface area contributed by atoms with Crippen LogP contribution in [0.4, 0.5) is 5.69 Å². The largest absolute Gasteiger partial charge is 0.497 e. The molecular weight excluding hydrogens is 330 g/mol. The summed E-state index contributed by atoms with van der Waals surface area (Å²) in [6.07, 6.45) is 0. The number of hydrogen-bond donors (Lipinski definition) is 2. The van der Waals surface area contributed by atoms with Gasteiger partial charge in [0, 0.05) is 26.2 Å². The highest BCUT2D eigenvalue weighted by Crippen LogP contribution is 2.28. The Kier molecular flexibility index (Phi) is 6.09. The second-order valence-corrected chi connectivity index (χ2v) is 6.15. The van der Waals surface area contributed by atoms with E-state index in [-0.39, 0.29) is 11.9 Å². The van der Waals surface area contributed by atoms with Crippen molar-refractivity contribution < 1.29 is 14.3 Å². The lowest BCUT2D eigenvalue weighted by Gasteiger charge is -2.34. The first kappa shape index (κ1) is 18.2. The fourth-order valence-corrected chi connectivity index (χ4v) is 3.20. The number of hydrogen-bond acceptors (Lipinski definition) is 5. The first-order valence-corrected chi connectivity index (χ1v) is 8.75. The van der Waals surface area contributed by atoms with Gasteiger partial charge in [0.05, 0.1) is 19.9 Å². The zero-order valence-electron chi connectivity index (χ0n) is 15.2. The molecule has 0 radical (unpaired) electrons. The summed E-state index contributed by atoms with van der Waals surface area (Å²) in [4.78, 5) is 15.4. The molecule has 2 N–H and O–H groups in total. The van der Waals surface area contributed by atoms with Gasteiger partial charge in [-0.25, -0.2) is 0 Å². The molecule has 0 spiro atoms. The van der Waals surface area contributed by atoms with E-state index < -0.39 is 0 Å². The molecule has 6 nitrogen and oxygen atoms in total. The Morgan fingerprint density at radius 3 is 2.38 bits per heavy atom. The monoisotopic (exact) mass is 355 g/mol. The van der Waals surface area contributed by atoms with E-state index in [1.807, 2.05) is 48.5 Å². The molecule has 1 aliphatic heterocycles. The van der Waals surface area contributed by atoms with Gasteiger partial charge in [-0.05, 0) is 29.8 Å². The Balaban J connectivity index is 1.87. The van der Waals surface area contributed by atoms with Gasteiger partial charge in [0.2, 0.25) is 5.91 Å². The number of piperazine rings is 1. The van der Waals surface area contributed by atoms with E-state index in [0.29, 0.717) is 11.4 Å². The Morgan fingerprint density at radius 2 is 1.73 bits per heavy atom. The zero-order valence-corrected chi connectivity index (χ0v) is 15.2. The Morgan fingerprint density at radius 1 is 1.04 bits per heavy atom. The lowest BCUT2D eigenvalue weighted by molar-refractivity contribution is -0.121. The van der Waals surface area contributed by atoms with Gasteiger partial charge in [-0.2, -0.15) is 0 Å². The van der Waals surface area contributed by atoms with Gasteiger partial charge in [-0.3, -0.25) is 9.69 Å². The summed E-state index contributed by atoms with van der Waals surface area (Å²) in [6.45, 7) is 3.37. The fraction of sp³-hybridized carbons (Fsp3) is 0.350. The average molecular weight is 355 g/mol. The molecule has 1 amide bonds. The number of methoxy groups -OCH3 is 2. The van der Waals surface area contributed by atoms with Crippen molar-refractivity contribution in [1.82, 2.24) is 10.2 Å². The first-order valence-electron chi connectivity index (χ1n) is 8.75. The number of carbonyl (C=O) groups excluding carboxylic acids is 1. The van der Waals surface area contributed by atoms with Crippen molar-refractivity contribution in [1.29, 1.82) is 0 Å². The number of anilines is 1. The normalized spacial score (nSPS) is 15.9. The minimum Gasteiger partial charge on any atom is -0.497 e. The maximum atomic E-state index is 13.2. The molecule has 3 rings (SSSR count). The highest BCUT2D eigenvalue weighted by Gasteiger charge is 2.29. The van der Waals surface area contributed by atoms with E-state index in [9.17, 15) is 4.79 Å². The molecule has 1 unspecified atom stereocenters. The van der Waals surface area contributed by atoms with Crippen LogP contribution in [0.25, 0.3) is 0 Å². The molecule has 2 aromatic carbocycles. The van der Waals surface area contributed by atoms with Gasteiger partial charge in [-0.1, -0.05) is 24.3 Å². The van der Waals surface area contributed by atoms with E-state index in [2.05, 4.69) is 15.5 Å². The summed E-state index contributed by atoms with van der Waals surface area (Å²) < 4.78 is 10.6. The van der Waals surface area contributed by atoms with Crippen molar-refractivity contribution in [2.75, 3.05) is 45.7 Å². The van der Waals surface area contributed by atoms with Crippen molar-refractivity contribution in [3.8, 4) is 11.5 Å². The van der Waals surface area contributed by atoms with E-state index in [1.54, 1.807) is 14.2 Å². The van der Waals surface area contributed by atoms with Gasteiger partial charge in [0.1, 0.15) is 17.5 Å². The van der Waals surface area contributed by atoms with Crippen LogP contribution in [0, 0.1) is 0 Å². The SMILES string of the molecule is COc1ccc(C(C(=O)Nc2ccccc2OC)N2CCNCC2)cc1. The molecule has 0 aromatic heterocycles. The molecule has 1 fully saturated rings. The van der Waals surface area contributed by atoms with Crippen LogP contribution in [-0.2, 0) is 4.79 Å².